The smallest absolute Gasteiger partial charge is 0.307 e. The van der Waals surface area contributed by atoms with Crippen LogP contribution in [0, 0.1) is 0 Å². The van der Waals surface area contributed by atoms with Crippen molar-refractivity contribution in [3.8, 4) is 0 Å². The maximum atomic E-state index is 12.1. The number of carbonyl (C=O) groups excluding carboxylic acids is 1. The number of rotatable bonds is 27. The van der Waals surface area contributed by atoms with E-state index in [9.17, 15) is 9.59 Å². The minimum absolute atomic E-state index is 0.0745. The molecule has 0 aromatic rings. The Morgan fingerprint density at radius 2 is 1.06 bits per heavy atom. The van der Waals surface area contributed by atoms with Gasteiger partial charge in [-0.25, -0.2) is 0 Å². The zero-order chi connectivity index (χ0) is 25.8. The van der Waals surface area contributed by atoms with Gasteiger partial charge in [0.15, 0.2) is 0 Å². The number of allylic oxidation sites excluding steroid dienone is 2. The van der Waals surface area contributed by atoms with E-state index in [1.807, 2.05) is 0 Å². The molecule has 35 heavy (non-hydrogen) atoms. The van der Waals surface area contributed by atoms with Crippen LogP contribution in [0.15, 0.2) is 12.2 Å². The average Bonchev–Trinajstić information content (AvgIpc) is 2.82. The maximum absolute atomic E-state index is 12.1. The van der Waals surface area contributed by atoms with E-state index in [0.29, 0.717) is 12.8 Å². The zero-order valence-corrected chi connectivity index (χ0v) is 23.4. The first kappa shape index (κ1) is 33.7. The van der Waals surface area contributed by atoms with Crippen molar-refractivity contribution >= 4 is 11.9 Å². The normalized spacial score (nSPS) is 12.3. The SMILES string of the molecule is CCCCCCCC/C=C\CCCCCCCCCC(=O)OC(CCCCCCCC)CC(=O)O. The van der Waals surface area contributed by atoms with E-state index < -0.39 is 12.1 Å². The van der Waals surface area contributed by atoms with Gasteiger partial charge in [0.25, 0.3) is 0 Å². The number of aliphatic carboxylic acids is 1. The molecule has 4 heteroatoms. The highest BCUT2D eigenvalue weighted by Gasteiger charge is 2.17. The summed E-state index contributed by atoms with van der Waals surface area (Å²) in [6, 6.07) is 0. The largest absolute Gasteiger partial charge is 0.481 e. The lowest BCUT2D eigenvalue weighted by molar-refractivity contribution is -0.153. The van der Waals surface area contributed by atoms with Gasteiger partial charge in [0.2, 0.25) is 0 Å². The summed E-state index contributed by atoms with van der Waals surface area (Å²) < 4.78 is 5.49. The molecule has 1 atom stereocenters. The van der Waals surface area contributed by atoms with Crippen LogP contribution >= 0.6 is 0 Å². The van der Waals surface area contributed by atoms with Gasteiger partial charge in [0, 0.05) is 6.42 Å². The van der Waals surface area contributed by atoms with Gasteiger partial charge >= 0.3 is 11.9 Å². The Morgan fingerprint density at radius 3 is 1.54 bits per heavy atom. The van der Waals surface area contributed by atoms with E-state index in [1.54, 1.807) is 0 Å². The molecule has 0 heterocycles. The quantitative estimate of drug-likeness (QED) is 0.0701. The Morgan fingerprint density at radius 1 is 0.629 bits per heavy atom. The third-order valence-electron chi connectivity index (χ3n) is 6.72. The monoisotopic (exact) mass is 494 g/mol. The van der Waals surface area contributed by atoms with Crippen molar-refractivity contribution in [2.45, 2.75) is 174 Å². The molecule has 4 nitrogen and oxygen atoms in total. The molecule has 0 radical (unpaired) electrons. The van der Waals surface area contributed by atoms with Gasteiger partial charge in [-0.05, 0) is 44.9 Å². The molecule has 0 saturated heterocycles. The molecule has 1 N–H and O–H groups in total. The van der Waals surface area contributed by atoms with E-state index in [0.717, 1.165) is 32.1 Å². The van der Waals surface area contributed by atoms with E-state index in [2.05, 4.69) is 26.0 Å². The highest BCUT2D eigenvalue weighted by molar-refractivity contribution is 5.71. The predicted octanol–water partition coefficient (Wildman–Crippen LogP) is 9.94. The fourth-order valence-corrected chi connectivity index (χ4v) is 4.49. The molecule has 0 amide bonds. The minimum atomic E-state index is -0.887. The van der Waals surface area contributed by atoms with Gasteiger partial charge in [-0.3, -0.25) is 9.59 Å². The van der Waals surface area contributed by atoms with Crippen LogP contribution in [0.25, 0.3) is 0 Å². The van der Waals surface area contributed by atoms with Crippen LogP contribution in [-0.2, 0) is 14.3 Å². The second-order valence-corrected chi connectivity index (χ2v) is 10.3. The summed E-state index contributed by atoms with van der Waals surface area (Å²) in [7, 11) is 0. The van der Waals surface area contributed by atoms with Crippen LogP contribution < -0.4 is 0 Å². The summed E-state index contributed by atoms with van der Waals surface area (Å²) in [6.45, 7) is 4.46. The highest BCUT2D eigenvalue weighted by atomic mass is 16.5. The molecule has 0 fully saturated rings. The summed E-state index contributed by atoms with van der Waals surface area (Å²) in [6.07, 6.45) is 31.0. The Hall–Kier alpha value is -1.32. The molecule has 0 rings (SSSR count). The van der Waals surface area contributed by atoms with Crippen molar-refractivity contribution in [1.82, 2.24) is 0 Å². The molecule has 0 aliphatic heterocycles. The fraction of sp³-hybridized carbons (Fsp3) is 0.871. The summed E-state index contributed by atoms with van der Waals surface area (Å²) in [5.74, 6) is -1.11. The molecule has 0 aliphatic carbocycles. The van der Waals surface area contributed by atoms with E-state index >= 15 is 0 Å². The van der Waals surface area contributed by atoms with Gasteiger partial charge in [-0.2, -0.15) is 0 Å². The average molecular weight is 495 g/mol. The van der Waals surface area contributed by atoms with Gasteiger partial charge in [-0.15, -0.1) is 0 Å². The van der Waals surface area contributed by atoms with Crippen LogP contribution in [0.2, 0.25) is 0 Å². The molecule has 0 saturated carbocycles. The van der Waals surface area contributed by atoms with Crippen molar-refractivity contribution in [2.75, 3.05) is 0 Å². The van der Waals surface area contributed by atoms with Gasteiger partial charge < -0.3 is 9.84 Å². The topological polar surface area (TPSA) is 63.6 Å². The van der Waals surface area contributed by atoms with Crippen LogP contribution in [0.5, 0.6) is 0 Å². The molecule has 0 aromatic heterocycles. The highest BCUT2D eigenvalue weighted by Crippen LogP contribution is 2.15. The van der Waals surface area contributed by atoms with Crippen molar-refractivity contribution in [1.29, 1.82) is 0 Å². The second-order valence-electron chi connectivity index (χ2n) is 10.3. The summed E-state index contributed by atoms with van der Waals surface area (Å²) in [5.41, 5.74) is 0. The lowest BCUT2D eigenvalue weighted by Crippen LogP contribution is -2.21. The molecular formula is C31H58O4. The molecule has 0 aliphatic rings. The molecule has 206 valence electrons. The Balaban J connectivity index is 3.60. The first-order valence-corrected chi connectivity index (χ1v) is 15.2. The number of hydrogen-bond acceptors (Lipinski definition) is 3. The standard InChI is InChI=1S/C31H58O4/c1-3-5-7-9-11-12-13-14-15-16-17-18-19-20-21-23-25-27-31(34)35-29(28-30(32)33)26-24-22-10-8-6-4-2/h14-15,29H,3-13,16-28H2,1-2H3,(H,32,33)/b15-14-. The number of carboxylic acid groups (broad SMARTS) is 1. The first-order chi connectivity index (χ1) is 17.1. The Labute approximate surface area is 217 Å². The van der Waals surface area contributed by atoms with Crippen molar-refractivity contribution in [2.24, 2.45) is 0 Å². The molecule has 0 spiro atoms. The summed E-state index contributed by atoms with van der Waals surface area (Å²) in [4.78, 5) is 23.2. The fourth-order valence-electron chi connectivity index (χ4n) is 4.49. The van der Waals surface area contributed by atoms with Crippen LogP contribution in [-0.4, -0.2) is 23.1 Å². The molecular weight excluding hydrogens is 436 g/mol. The minimum Gasteiger partial charge on any atom is -0.481 e. The van der Waals surface area contributed by atoms with Crippen molar-refractivity contribution in [3.05, 3.63) is 12.2 Å². The maximum Gasteiger partial charge on any atom is 0.307 e. The van der Waals surface area contributed by atoms with E-state index in [-0.39, 0.29) is 12.4 Å². The zero-order valence-electron chi connectivity index (χ0n) is 23.4. The first-order valence-electron chi connectivity index (χ1n) is 15.2. The lowest BCUT2D eigenvalue weighted by Gasteiger charge is -2.16. The Bertz CT molecular complexity index is 500. The third-order valence-corrected chi connectivity index (χ3v) is 6.72. The van der Waals surface area contributed by atoms with Crippen LogP contribution in [0.4, 0.5) is 0 Å². The van der Waals surface area contributed by atoms with E-state index in [4.69, 9.17) is 9.84 Å². The van der Waals surface area contributed by atoms with E-state index in [1.165, 1.54) is 103 Å². The molecule has 1 unspecified atom stereocenters. The van der Waals surface area contributed by atoms with Crippen LogP contribution in [0.1, 0.15) is 168 Å². The number of esters is 1. The van der Waals surface area contributed by atoms with Gasteiger partial charge in [-0.1, -0.05) is 122 Å². The van der Waals surface area contributed by atoms with Crippen molar-refractivity contribution < 1.29 is 19.4 Å². The number of hydrogen-bond donors (Lipinski definition) is 1. The second kappa shape index (κ2) is 27.3. The van der Waals surface area contributed by atoms with Crippen molar-refractivity contribution in [3.63, 3.8) is 0 Å². The number of carboxylic acids is 1. The summed E-state index contributed by atoms with van der Waals surface area (Å²) in [5, 5.41) is 9.11. The molecule has 0 aromatic carbocycles. The Kier molecular flexibility index (Phi) is 26.2. The number of unbranched alkanes of at least 4 members (excludes halogenated alkanes) is 18. The lowest BCUT2D eigenvalue weighted by atomic mass is 10.0. The summed E-state index contributed by atoms with van der Waals surface area (Å²) >= 11 is 0. The van der Waals surface area contributed by atoms with Gasteiger partial charge in [0.1, 0.15) is 6.10 Å². The molecule has 0 bridgehead atoms. The third kappa shape index (κ3) is 27.1. The number of ether oxygens (including phenoxy) is 1. The van der Waals surface area contributed by atoms with Gasteiger partial charge in [0.05, 0.1) is 6.42 Å². The predicted molar refractivity (Wildman–Crippen MR) is 149 cm³/mol. The number of carbonyl (C=O) groups is 2. The van der Waals surface area contributed by atoms with Crippen LogP contribution in [0.3, 0.4) is 0 Å².